The minimum atomic E-state index is 0.0719. The predicted molar refractivity (Wildman–Crippen MR) is 97.6 cm³/mol. The smallest absolute Gasteiger partial charge is 0.223 e. The number of imidazole rings is 1. The van der Waals surface area contributed by atoms with Crippen molar-refractivity contribution in [2.24, 2.45) is 0 Å². The van der Waals surface area contributed by atoms with Crippen LogP contribution >= 0.6 is 0 Å². The summed E-state index contributed by atoms with van der Waals surface area (Å²) in [6.07, 6.45) is 5.81. The predicted octanol–water partition coefficient (Wildman–Crippen LogP) is 3.00. The number of pyridine rings is 1. The van der Waals surface area contributed by atoms with E-state index in [0.29, 0.717) is 19.5 Å². The first-order valence-electron chi connectivity index (χ1n) is 8.59. The number of ether oxygens (including phenoxy) is 1. The second-order valence-electron chi connectivity index (χ2n) is 6.41. The molecular weight excluding hydrogens is 328 g/mol. The van der Waals surface area contributed by atoms with Crippen molar-refractivity contribution in [3.63, 3.8) is 0 Å². The van der Waals surface area contributed by atoms with Crippen molar-refractivity contribution in [2.45, 2.75) is 18.9 Å². The Morgan fingerprint density at radius 1 is 1.23 bits per heavy atom. The van der Waals surface area contributed by atoms with E-state index >= 15 is 0 Å². The summed E-state index contributed by atoms with van der Waals surface area (Å²) < 4.78 is 5.39. The normalized spacial score (nSPS) is 16.9. The minimum Gasteiger partial charge on any atom is -0.496 e. The molecule has 3 aromatic rings. The van der Waals surface area contributed by atoms with Gasteiger partial charge in [0.15, 0.2) is 0 Å². The third-order valence-electron chi connectivity index (χ3n) is 4.72. The molecule has 1 aromatic carbocycles. The van der Waals surface area contributed by atoms with Crippen LogP contribution in [0.4, 0.5) is 0 Å². The number of amides is 1. The third-order valence-corrected chi connectivity index (χ3v) is 4.72. The van der Waals surface area contributed by atoms with Gasteiger partial charge in [-0.3, -0.25) is 9.78 Å². The average molecular weight is 348 g/mol. The molecule has 1 aliphatic rings. The molecular formula is C20H20N4O2. The van der Waals surface area contributed by atoms with Gasteiger partial charge in [-0.15, -0.1) is 0 Å². The number of carbonyl (C=O) groups excluding carboxylic acids is 1. The lowest BCUT2D eigenvalue weighted by Crippen LogP contribution is -2.24. The largest absolute Gasteiger partial charge is 0.496 e. The zero-order valence-corrected chi connectivity index (χ0v) is 14.6. The molecule has 1 saturated heterocycles. The van der Waals surface area contributed by atoms with Crippen molar-refractivity contribution < 1.29 is 9.53 Å². The minimum absolute atomic E-state index is 0.0719. The van der Waals surface area contributed by atoms with Crippen LogP contribution in [0.2, 0.25) is 0 Å². The summed E-state index contributed by atoms with van der Waals surface area (Å²) in [4.78, 5) is 26.3. The lowest BCUT2D eigenvalue weighted by atomic mass is 10.1. The molecule has 3 heterocycles. The van der Waals surface area contributed by atoms with E-state index in [1.54, 1.807) is 25.7 Å². The summed E-state index contributed by atoms with van der Waals surface area (Å²) >= 11 is 0. The van der Waals surface area contributed by atoms with Crippen LogP contribution in [-0.2, 0) is 11.3 Å². The number of rotatable bonds is 5. The van der Waals surface area contributed by atoms with Gasteiger partial charge in [0, 0.05) is 48.9 Å². The fourth-order valence-corrected chi connectivity index (χ4v) is 3.36. The van der Waals surface area contributed by atoms with Gasteiger partial charge < -0.3 is 14.6 Å². The van der Waals surface area contributed by atoms with Crippen LogP contribution in [0.3, 0.4) is 0 Å². The van der Waals surface area contributed by atoms with Gasteiger partial charge in [-0.25, -0.2) is 4.98 Å². The lowest BCUT2D eigenvalue weighted by molar-refractivity contribution is -0.128. The number of methoxy groups -OCH3 is 1. The van der Waals surface area contributed by atoms with Crippen LogP contribution in [0, 0.1) is 0 Å². The first kappa shape index (κ1) is 16.3. The first-order valence-corrected chi connectivity index (χ1v) is 8.59. The Morgan fingerprint density at radius 3 is 2.92 bits per heavy atom. The Bertz CT molecular complexity index is 907. The molecule has 1 aliphatic heterocycles. The molecule has 1 fully saturated rings. The van der Waals surface area contributed by atoms with E-state index in [1.165, 1.54) is 0 Å². The monoisotopic (exact) mass is 348 g/mol. The van der Waals surface area contributed by atoms with Gasteiger partial charge in [0.05, 0.1) is 19.0 Å². The summed E-state index contributed by atoms with van der Waals surface area (Å²) in [7, 11) is 1.65. The Balaban J connectivity index is 1.49. The maximum atomic E-state index is 12.5. The number of nitrogens with one attached hydrogen (secondary N) is 1. The lowest BCUT2D eigenvalue weighted by Gasteiger charge is -2.18. The number of hydrogen-bond acceptors (Lipinski definition) is 4. The summed E-state index contributed by atoms with van der Waals surface area (Å²) in [5.74, 6) is 1.86. The SMILES string of the molecule is COc1ccccc1CN1C[C@@H](c2ncc(-c3cccnc3)[nH]2)CC1=O. The van der Waals surface area contributed by atoms with Gasteiger partial charge in [0.2, 0.25) is 5.91 Å². The van der Waals surface area contributed by atoms with Gasteiger partial charge in [0.25, 0.3) is 0 Å². The molecule has 6 nitrogen and oxygen atoms in total. The van der Waals surface area contributed by atoms with Crippen LogP contribution in [0.25, 0.3) is 11.3 Å². The summed E-state index contributed by atoms with van der Waals surface area (Å²) in [5.41, 5.74) is 2.92. The highest BCUT2D eigenvalue weighted by Crippen LogP contribution is 2.30. The van der Waals surface area contributed by atoms with Crippen molar-refractivity contribution in [1.29, 1.82) is 0 Å². The number of likely N-dealkylation sites (tertiary alicyclic amines) is 1. The number of aromatic amines is 1. The Morgan fingerprint density at radius 2 is 2.12 bits per heavy atom. The Labute approximate surface area is 151 Å². The van der Waals surface area contributed by atoms with Crippen molar-refractivity contribution >= 4 is 5.91 Å². The Kier molecular flexibility index (Phi) is 4.39. The zero-order valence-electron chi connectivity index (χ0n) is 14.6. The fraction of sp³-hybridized carbons (Fsp3) is 0.250. The summed E-state index contributed by atoms with van der Waals surface area (Å²) in [6, 6.07) is 11.7. The molecule has 0 saturated carbocycles. The van der Waals surface area contributed by atoms with Crippen molar-refractivity contribution in [1.82, 2.24) is 19.9 Å². The van der Waals surface area contributed by atoms with Crippen LogP contribution < -0.4 is 4.74 Å². The first-order chi connectivity index (χ1) is 12.7. The molecule has 0 spiro atoms. The van der Waals surface area contributed by atoms with Crippen molar-refractivity contribution in [3.8, 4) is 17.0 Å². The topological polar surface area (TPSA) is 71.1 Å². The number of nitrogens with zero attached hydrogens (tertiary/aromatic N) is 3. The molecule has 0 unspecified atom stereocenters. The van der Waals surface area contributed by atoms with Gasteiger partial charge >= 0.3 is 0 Å². The van der Waals surface area contributed by atoms with E-state index in [2.05, 4.69) is 15.0 Å². The van der Waals surface area contributed by atoms with Crippen LogP contribution in [-0.4, -0.2) is 39.4 Å². The molecule has 132 valence electrons. The van der Waals surface area contributed by atoms with E-state index in [4.69, 9.17) is 4.74 Å². The number of H-pyrrole nitrogens is 1. The van der Waals surface area contributed by atoms with Crippen LogP contribution in [0.1, 0.15) is 23.7 Å². The second kappa shape index (κ2) is 7.00. The molecule has 1 amide bonds. The Hall–Kier alpha value is -3.15. The fourth-order valence-electron chi connectivity index (χ4n) is 3.36. The van der Waals surface area contributed by atoms with E-state index in [-0.39, 0.29) is 11.8 Å². The second-order valence-corrected chi connectivity index (χ2v) is 6.41. The van der Waals surface area contributed by atoms with Crippen LogP contribution in [0.15, 0.2) is 55.0 Å². The number of para-hydroxylation sites is 1. The highest BCUT2D eigenvalue weighted by molar-refractivity contribution is 5.79. The standard InChI is InChI=1S/C20H20N4O2/c1-26-18-7-3-2-5-15(18)12-24-13-16(9-19(24)25)20-22-11-17(23-20)14-6-4-8-21-10-14/h2-8,10-11,16H,9,12-13H2,1H3,(H,22,23)/t16-/m0/s1. The number of benzene rings is 1. The van der Waals surface area contributed by atoms with E-state index in [1.807, 2.05) is 41.3 Å². The van der Waals surface area contributed by atoms with Crippen LogP contribution in [0.5, 0.6) is 5.75 Å². The van der Waals surface area contributed by atoms with E-state index in [9.17, 15) is 4.79 Å². The van der Waals surface area contributed by atoms with Gasteiger partial charge in [-0.05, 0) is 18.2 Å². The number of carbonyl (C=O) groups is 1. The highest BCUT2D eigenvalue weighted by Gasteiger charge is 2.32. The van der Waals surface area contributed by atoms with Crippen molar-refractivity contribution in [2.75, 3.05) is 13.7 Å². The number of hydrogen-bond donors (Lipinski definition) is 1. The molecule has 26 heavy (non-hydrogen) atoms. The average Bonchev–Trinajstić information content (AvgIpc) is 3.30. The molecule has 0 bridgehead atoms. The van der Waals surface area contributed by atoms with Crippen molar-refractivity contribution in [3.05, 3.63) is 66.4 Å². The maximum absolute atomic E-state index is 12.5. The molecule has 6 heteroatoms. The zero-order chi connectivity index (χ0) is 17.9. The molecule has 0 radical (unpaired) electrons. The van der Waals surface area contributed by atoms with E-state index in [0.717, 1.165) is 28.4 Å². The summed E-state index contributed by atoms with van der Waals surface area (Å²) in [6.45, 7) is 1.20. The highest BCUT2D eigenvalue weighted by atomic mass is 16.5. The quantitative estimate of drug-likeness (QED) is 0.769. The van der Waals surface area contributed by atoms with Gasteiger partial charge in [-0.2, -0.15) is 0 Å². The van der Waals surface area contributed by atoms with Gasteiger partial charge in [0.1, 0.15) is 11.6 Å². The summed E-state index contributed by atoms with van der Waals surface area (Å²) in [5, 5.41) is 0. The molecule has 4 rings (SSSR count). The maximum Gasteiger partial charge on any atom is 0.223 e. The van der Waals surface area contributed by atoms with E-state index < -0.39 is 0 Å². The molecule has 1 atom stereocenters. The molecule has 0 aliphatic carbocycles. The molecule has 2 aromatic heterocycles. The van der Waals surface area contributed by atoms with Gasteiger partial charge in [-0.1, -0.05) is 18.2 Å². The third kappa shape index (κ3) is 3.18. The molecule has 1 N–H and O–H groups in total. The number of aromatic nitrogens is 3.